The highest BCUT2D eigenvalue weighted by Crippen LogP contribution is 2.80. The van der Waals surface area contributed by atoms with Crippen molar-refractivity contribution in [2.24, 2.45) is 9.03 Å². The number of carbonyl (C=O) groups excluding carboxylic acids is 6. The molecule has 102 valence electrons. The highest BCUT2D eigenvalue weighted by Gasteiger charge is 2.57. The van der Waals surface area contributed by atoms with Crippen molar-refractivity contribution >= 4 is 58.1 Å². The van der Waals surface area contributed by atoms with Crippen LogP contribution in [0.2, 0.25) is 0 Å². The minimum absolute atomic E-state index is 0.108. The molecule has 0 spiro atoms. The van der Waals surface area contributed by atoms with Crippen LogP contribution in [-0.2, 0) is 28.8 Å². The third-order valence-electron chi connectivity index (χ3n) is 2.43. The van der Waals surface area contributed by atoms with Crippen molar-refractivity contribution in [3.8, 4) is 0 Å². The highest BCUT2D eigenvalue weighted by atomic mass is 31.3. The van der Waals surface area contributed by atoms with Gasteiger partial charge in [-0.1, -0.05) is 8.96 Å². The summed E-state index contributed by atoms with van der Waals surface area (Å²) in [7, 11) is -9.64. The quantitative estimate of drug-likeness (QED) is 0.529. The van der Waals surface area contributed by atoms with Crippen LogP contribution in [0.25, 0.3) is 0 Å². The average Bonchev–Trinajstić information content (AvgIpc) is 2.48. The van der Waals surface area contributed by atoms with Crippen molar-refractivity contribution < 1.29 is 28.8 Å². The lowest BCUT2D eigenvalue weighted by molar-refractivity contribution is 0.559. The van der Waals surface area contributed by atoms with Crippen molar-refractivity contribution in [2.45, 2.75) is 0 Å². The van der Waals surface area contributed by atoms with Crippen LogP contribution in [0.3, 0.4) is 0 Å². The minimum Gasteiger partial charge on any atom is -0.295 e. The van der Waals surface area contributed by atoms with E-state index in [9.17, 15) is 28.8 Å². The zero-order valence-electron chi connectivity index (χ0n) is 9.60. The monoisotopic (exact) mass is 324 g/mol. The Labute approximate surface area is 108 Å². The van der Waals surface area contributed by atoms with E-state index in [0.717, 1.165) is 4.44 Å². The maximum atomic E-state index is 11.2. The highest BCUT2D eigenvalue weighted by molar-refractivity contribution is 8.14. The smallest absolute Gasteiger partial charge is 0.295 e. The van der Waals surface area contributed by atoms with Crippen molar-refractivity contribution in [3.63, 3.8) is 0 Å². The van der Waals surface area contributed by atoms with Crippen LogP contribution in [0, 0.1) is 0 Å². The first-order valence-corrected chi connectivity index (χ1v) is 10.1. The molecule has 0 saturated carbocycles. The molecule has 9 nitrogen and oxygen atoms in total. The maximum Gasteiger partial charge on any atom is 0.340 e. The molecule has 0 aromatic heterocycles. The Morgan fingerprint density at radius 1 is 0.895 bits per heavy atom. The summed E-state index contributed by atoms with van der Waals surface area (Å²) < 4.78 is 8.34. The molecule has 0 fully saturated rings. The van der Waals surface area contributed by atoms with Gasteiger partial charge in [-0.2, -0.15) is 0 Å². The first-order chi connectivity index (χ1) is 8.93. The summed E-state index contributed by atoms with van der Waals surface area (Å²) in [6.07, 6.45) is 0. The summed E-state index contributed by atoms with van der Waals surface area (Å²) in [5.74, 6) is 0. The third-order valence-corrected chi connectivity index (χ3v) is 12.5. The average molecular weight is 324 g/mol. The second kappa shape index (κ2) is 5.47. The molecule has 0 N–H and O–H groups in total. The van der Waals surface area contributed by atoms with Gasteiger partial charge in [0.15, 0.2) is 31.3 Å². The Hall–Kier alpha value is -1.13. The summed E-state index contributed by atoms with van der Waals surface area (Å²) >= 11 is 0. The Morgan fingerprint density at radius 2 is 1.37 bits per heavy atom. The second-order valence-electron chi connectivity index (χ2n) is 3.40. The standard InChI is InChI=1S/C7H9N3O6P3/c1-10-18(4-13,5-14)8-17(2-11,3-12)9-19(10,6-15)7-16/h2-7H,1H3/q+1. The van der Waals surface area contributed by atoms with Gasteiger partial charge in [-0.3, -0.25) is 28.8 Å². The molecule has 0 unspecified atom stereocenters. The number of hydrogen-bond donors (Lipinski definition) is 0. The Balaban J connectivity index is 3.90. The lowest BCUT2D eigenvalue weighted by Crippen LogP contribution is -2.21. The van der Waals surface area contributed by atoms with Crippen LogP contribution in [0.15, 0.2) is 9.03 Å². The van der Waals surface area contributed by atoms with Crippen molar-refractivity contribution in [1.82, 2.24) is 4.44 Å². The van der Waals surface area contributed by atoms with E-state index in [4.69, 9.17) is 0 Å². The Bertz CT molecular complexity index is 553. The minimum atomic E-state index is -3.68. The first kappa shape index (κ1) is 15.9. The van der Waals surface area contributed by atoms with Crippen LogP contribution < -0.4 is 0 Å². The van der Waals surface area contributed by atoms with Gasteiger partial charge in [0.25, 0.3) is 0 Å². The summed E-state index contributed by atoms with van der Waals surface area (Å²) in [6.45, 7) is 0. The molecule has 1 heterocycles. The topological polar surface area (TPSA) is 130 Å². The van der Waals surface area contributed by atoms with Crippen LogP contribution >= 0.6 is 22.0 Å². The molecule has 0 amide bonds. The largest absolute Gasteiger partial charge is 0.340 e. The van der Waals surface area contributed by atoms with E-state index < -0.39 is 22.0 Å². The molecule has 0 aromatic rings. The normalized spacial score (nSPS) is 23.0. The van der Waals surface area contributed by atoms with Gasteiger partial charge in [0, 0.05) is 7.05 Å². The Morgan fingerprint density at radius 3 is 1.68 bits per heavy atom. The fourth-order valence-corrected chi connectivity index (χ4v) is 11.4. The molecule has 0 bridgehead atoms. The fourth-order valence-electron chi connectivity index (χ4n) is 1.34. The van der Waals surface area contributed by atoms with E-state index in [2.05, 4.69) is 9.03 Å². The Kier molecular flexibility index (Phi) is 4.59. The summed E-state index contributed by atoms with van der Waals surface area (Å²) in [4.78, 5) is 66.8. The SMILES string of the molecule is CN1P(C=O)(C=O)=NP(C=O)(C=O)=N[P+]1(C=O)C=O. The van der Waals surface area contributed by atoms with E-state index in [-0.39, 0.29) is 36.2 Å². The summed E-state index contributed by atoms with van der Waals surface area (Å²) in [5, 5.41) is 0. The van der Waals surface area contributed by atoms with Gasteiger partial charge >= 0.3 is 19.6 Å². The van der Waals surface area contributed by atoms with Crippen LogP contribution in [0.4, 0.5) is 0 Å². The van der Waals surface area contributed by atoms with E-state index in [1.807, 2.05) is 0 Å². The summed E-state index contributed by atoms with van der Waals surface area (Å²) in [5.41, 5.74) is 0. The van der Waals surface area contributed by atoms with Crippen molar-refractivity contribution in [2.75, 3.05) is 7.05 Å². The molecule has 0 saturated heterocycles. The van der Waals surface area contributed by atoms with Gasteiger partial charge in [0.2, 0.25) is 7.21 Å². The molecule has 1 aliphatic heterocycles. The zero-order chi connectivity index (χ0) is 14.7. The van der Waals surface area contributed by atoms with E-state index in [0.29, 0.717) is 0 Å². The molecular weight excluding hydrogens is 315 g/mol. The first-order valence-electron chi connectivity index (χ1n) is 4.61. The molecule has 0 aromatic carbocycles. The lowest BCUT2D eigenvalue weighted by Gasteiger charge is -2.30. The molecule has 12 heteroatoms. The number of hydrogen-bond acceptors (Lipinski definition) is 9. The number of carbonyl (C=O) groups is 6. The van der Waals surface area contributed by atoms with Crippen molar-refractivity contribution in [1.29, 1.82) is 0 Å². The second-order valence-corrected chi connectivity index (χ2v) is 11.8. The molecule has 1 aliphatic rings. The van der Waals surface area contributed by atoms with Gasteiger partial charge in [-0.05, 0) is 0 Å². The van der Waals surface area contributed by atoms with Crippen LogP contribution in [0.5, 0.6) is 0 Å². The summed E-state index contributed by atoms with van der Waals surface area (Å²) in [6, 6.07) is 0.930. The van der Waals surface area contributed by atoms with Gasteiger partial charge in [0.05, 0.1) is 0 Å². The van der Waals surface area contributed by atoms with Gasteiger partial charge in [0.1, 0.15) is 0 Å². The van der Waals surface area contributed by atoms with E-state index in [1.54, 1.807) is 0 Å². The molecule has 1 rings (SSSR count). The zero-order valence-corrected chi connectivity index (χ0v) is 12.3. The number of nitrogens with zero attached hydrogens (tertiary/aromatic N) is 3. The van der Waals surface area contributed by atoms with E-state index >= 15 is 0 Å². The van der Waals surface area contributed by atoms with Gasteiger partial charge in [-0.25, -0.2) is 4.52 Å². The molecule has 0 atom stereocenters. The van der Waals surface area contributed by atoms with Gasteiger partial charge < -0.3 is 0 Å². The molecular formula is C7H9N3O6P3+. The maximum absolute atomic E-state index is 11.2. The third kappa shape index (κ3) is 2.23. The van der Waals surface area contributed by atoms with E-state index in [1.165, 1.54) is 7.05 Å². The predicted molar refractivity (Wildman–Crippen MR) is 73.9 cm³/mol. The van der Waals surface area contributed by atoms with Crippen LogP contribution in [-0.4, -0.2) is 47.7 Å². The van der Waals surface area contributed by atoms with Gasteiger partial charge in [-0.15, -0.1) is 0 Å². The van der Waals surface area contributed by atoms with Crippen LogP contribution in [0.1, 0.15) is 0 Å². The van der Waals surface area contributed by atoms with Crippen molar-refractivity contribution in [3.05, 3.63) is 0 Å². The lowest BCUT2D eigenvalue weighted by atomic mass is 11.6. The molecule has 0 aliphatic carbocycles. The molecule has 0 radical (unpaired) electrons. The predicted octanol–water partition coefficient (Wildman–Crippen LogP) is 1.15. The molecule has 19 heavy (non-hydrogen) atoms. The number of rotatable bonds is 6. The fraction of sp³-hybridized carbons (Fsp3) is 0.143.